The Kier molecular flexibility index (Phi) is 7.62. The summed E-state index contributed by atoms with van der Waals surface area (Å²) in [4.78, 5) is 36.3. The molecule has 0 unspecified atom stereocenters. The molecule has 3 amide bonds. The molecule has 2 aromatic rings. The minimum absolute atomic E-state index is 0. The summed E-state index contributed by atoms with van der Waals surface area (Å²) >= 11 is 0. The number of carbonyl (C=O) groups excluding carboxylic acids is 2. The monoisotopic (exact) mass is 471 g/mol. The van der Waals surface area contributed by atoms with E-state index in [-0.39, 0.29) is 37.9 Å². The molecule has 3 N–H and O–H groups in total. The van der Waals surface area contributed by atoms with Crippen LogP contribution in [-0.2, 0) is 12.1 Å². The van der Waals surface area contributed by atoms with Crippen LogP contribution in [0.5, 0.6) is 0 Å². The Balaban J connectivity index is 0.00000324. The van der Waals surface area contributed by atoms with E-state index < -0.39 is 5.54 Å². The predicted molar refractivity (Wildman–Crippen MR) is 130 cm³/mol. The van der Waals surface area contributed by atoms with E-state index in [9.17, 15) is 14.7 Å². The van der Waals surface area contributed by atoms with Gasteiger partial charge in [0.05, 0.1) is 17.8 Å². The molecule has 34 heavy (non-hydrogen) atoms. The molecule has 0 saturated carbocycles. The van der Waals surface area contributed by atoms with Gasteiger partial charge in [0.25, 0.3) is 5.91 Å². The number of amides is 3. The number of pyridine rings is 1. The highest BCUT2D eigenvalue weighted by molar-refractivity contribution is 6.02. The second-order valence-corrected chi connectivity index (χ2v) is 9.61. The molecule has 0 aliphatic carbocycles. The smallest absolute Gasteiger partial charge is 0.321 e. The first kappa shape index (κ1) is 25.6. The molecule has 0 spiro atoms. The second-order valence-electron chi connectivity index (χ2n) is 9.61. The zero-order valence-corrected chi connectivity index (χ0v) is 19.7. The van der Waals surface area contributed by atoms with Gasteiger partial charge in [-0.25, -0.2) is 4.79 Å². The van der Waals surface area contributed by atoms with Gasteiger partial charge in [0.15, 0.2) is 5.82 Å². The maximum Gasteiger partial charge on any atom is 0.321 e. The number of hydrogen-bond donors (Lipinski definition) is 3. The van der Waals surface area contributed by atoms with E-state index in [0.29, 0.717) is 24.6 Å². The van der Waals surface area contributed by atoms with Crippen molar-refractivity contribution in [3.05, 3.63) is 41.3 Å². The van der Waals surface area contributed by atoms with Crippen LogP contribution in [0.2, 0.25) is 0 Å². The fourth-order valence-electron chi connectivity index (χ4n) is 4.73. The highest BCUT2D eigenvalue weighted by atomic mass is 16.3. The molecule has 2 aromatic heterocycles. The number of aromatic amines is 1. The van der Waals surface area contributed by atoms with Crippen molar-refractivity contribution in [1.29, 1.82) is 0 Å². The molecule has 1 fully saturated rings. The SMILES string of the molecule is C.C[C@H](CO)CN1CCN(C(=O)N2Cc3c(NC(=O)c4ccccn4)n[nH]c3C2(C)C)[C@@H](C)C1. The van der Waals surface area contributed by atoms with Crippen LogP contribution in [0.3, 0.4) is 0 Å². The summed E-state index contributed by atoms with van der Waals surface area (Å²) in [5.74, 6) is 0.309. The number of aliphatic hydroxyl groups excluding tert-OH is 1. The fourth-order valence-corrected chi connectivity index (χ4v) is 4.73. The largest absolute Gasteiger partial charge is 0.396 e. The summed E-state index contributed by atoms with van der Waals surface area (Å²) in [5.41, 5.74) is 1.37. The van der Waals surface area contributed by atoms with Crippen LogP contribution in [0.4, 0.5) is 10.6 Å². The van der Waals surface area contributed by atoms with E-state index in [1.807, 2.05) is 30.6 Å². The van der Waals surface area contributed by atoms with Gasteiger partial charge in [-0.15, -0.1) is 0 Å². The van der Waals surface area contributed by atoms with E-state index in [0.717, 1.165) is 30.9 Å². The predicted octanol–water partition coefficient (Wildman–Crippen LogP) is 2.50. The van der Waals surface area contributed by atoms with Crippen LogP contribution in [0.1, 0.15) is 56.9 Å². The first-order chi connectivity index (χ1) is 15.7. The number of nitrogens with zero attached hydrogens (tertiary/aromatic N) is 5. The fraction of sp³-hybridized carbons (Fsp3) is 0.583. The standard InChI is InChI=1S/C23H33N7O3.CH4/c1-15(14-31)11-28-9-10-29(16(2)12-28)22(33)30-13-17-19(23(30,3)4)26-27-20(17)25-21(32)18-7-5-6-8-24-18;/h5-8,15-16,31H,9-14H2,1-4H3,(H2,25,26,27,32);1H4/t15-,16-;/m0./s1. The van der Waals surface area contributed by atoms with E-state index in [4.69, 9.17) is 0 Å². The van der Waals surface area contributed by atoms with E-state index >= 15 is 0 Å². The molecule has 186 valence electrons. The van der Waals surface area contributed by atoms with Gasteiger partial charge in [0, 0.05) is 50.6 Å². The van der Waals surface area contributed by atoms with Crippen molar-refractivity contribution in [2.24, 2.45) is 5.92 Å². The third-order valence-electron chi connectivity index (χ3n) is 6.67. The summed E-state index contributed by atoms with van der Waals surface area (Å²) < 4.78 is 0. The molecular formula is C24H37N7O3. The Labute approximate surface area is 201 Å². The lowest BCUT2D eigenvalue weighted by molar-refractivity contribution is 0.0511. The van der Waals surface area contributed by atoms with E-state index in [1.165, 1.54) is 0 Å². The molecule has 4 heterocycles. The first-order valence-corrected chi connectivity index (χ1v) is 11.4. The zero-order valence-electron chi connectivity index (χ0n) is 19.7. The summed E-state index contributed by atoms with van der Waals surface area (Å²) in [6.07, 6.45) is 1.57. The van der Waals surface area contributed by atoms with Crippen LogP contribution >= 0.6 is 0 Å². The van der Waals surface area contributed by atoms with E-state index in [1.54, 1.807) is 24.4 Å². The lowest BCUT2D eigenvalue weighted by Crippen LogP contribution is -2.59. The Bertz CT molecular complexity index is 1010. The van der Waals surface area contributed by atoms with Gasteiger partial charge in [-0.3, -0.25) is 19.8 Å². The van der Waals surface area contributed by atoms with Gasteiger partial charge in [-0.05, 0) is 38.8 Å². The molecule has 2 aliphatic rings. The van der Waals surface area contributed by atoms with Crippen molar-refractivity contribution in [3.8, 4) is 0 Å². The van der Waals surface area contributed by atoms with Crippen LogP contribution in [0.15, 0.2) is 24.4 Å². The average Bonchev–Trinajstić information content (AvgIpc) is 3.31. The van der Waals surface area contributed by atoms with Crippen molar-refractivity contribution in [2.45, 2.75) is 53.2 Å². The molecule has 1 saturated heterocycles. The van der Waals surface area contributed by atoms with Crippen molar-refractivity contribution in [2.75, 3.05) is 38.1 Å². The van der Waals surface area contributed by atoms with Gasteiger partial charge in [-0.1, -0.05) is 20.4 Å². The van der Waals surface area contributed by atoms with Crippen LogP contribution in [0.25, 0.3) is 0 Å². The number of anilines is 1. The van der Waals surface area contributed by atoms with Gasteiger partial charge >= 0.3 is 6.03 Å². The maximum absolute atomic E-state index is 13.6. The Morgan fingerprint density at radius 3 is 2.74 bits per heavy atom. The Morgan fingerprint density at radius 1 is 1.32 bits per heavy atom. The molecule has 0 radical (unpaired) electrons. The number of carbonyl (C=O) groups is 2. The summed E-state index contributed by atoms with van der Waals surface area (Å²) in [6.45, 7) is 11.6. The van der Waals surface area contributed by atoms with Crippen LogP contribution in [-0.4, -0.2) is 85.8 Å². The molecule has 10 heteroatoms. The quantitative estimate of drug-likeness (QED) is 0.617. The topological polar surface area (TPSA) is 118 Å². The van der Waals surface area contributed by atoms with E-state index in [2.05, 4.69) is 32.3 Å². The van der Waals surface area contributed by atoms with Crippen molar-refractivity contribution in [1.82, 2.24) is 29.9 Å². The molecule has 2 aliphatic heterocycles. The Hall–Kier alpha value is -2.98. The molecule has 0 aromatic carbocycles. The number of urea groups is 1. The molecule has 2 atom stereocenters. The van der Waals surface area contributed by atoms with Gasteiger partial charge in [0.1, 0.15) is 5.69 Å². The average molecular weight is 472 g/mol. The number of fused-ring (bicyclic) bond motifs is 1. The molecule has 4 rings (SSSR count). The molecule has 0 bridgehead atoms. The third kappa shape index (κ3) is 4.78. The minimum Gasteiger partial charge on any atom is -0.396 e. The maximum atomic E-state index is 13.6. The molecular weight excluding hydrogens is 434 g/mol. The van der Waals surface area contributed by atoms with Crippen molar-refractivity contribution >= 4 is 17.8 Å². The van der Waals surface area contributed by atoms with Crippen LogP contribution in [0, 0.1) is 5.92 Å². The number of aliphatic hydroxyl groups is 1. The summed E-state index contributed by atoms with van der Waals surface area (Å²) in [7, 11) is 0. The number of H-pyrrole nitrogens is 1. The highest BCUT2D eigenvalue weighted by Gasteiger charge is 2.46. The van der Waals surface area contributed by atoms with Gasteiger partial charge < -0.3 is 20.2 Å². The van der Waals surface area contributed by atoms with Crippen LogP contribution < -0.4 is 5.32 Å². The van der Waals surface area contributed by atoms with Gasteiger partial charge in [0.2, 0.25) is 0 Å². The minimum atomic E-state index is -0.588. The van der Waals surface area contributed by atoms with Crippen molar-refractivity contribution in [3.63, 3.8) is 0 Å². The number of hydrogen-bond acceptors (Lipinski definition) is 6. The van der Waals surface area contributed by atoms with Gasteiger partial charge in [-0.2, -0.15) is 5.10 Å². The number of piperazine rings is 1. The summed E-state index contributed by atoms with van der Waals surface area (Å²) in [6, 6.07) is 5.20. The summed E-state index contributed by atoms with van der Waals surface area (Å²) in [5, 5.41) is 19.5. The number of nitrogens with one attached hydrogen (secondary N) is 2. The number of aromatic nitrogens is 3. The highest BCUT2D eigenvalue weighted by Crippen LogP contribution is 2.41. The zero-order chi connectivity index (χ0) is 23.8. The Morgan fingerprint density at radius 2 is 2.09 bits per heavy atom. The second kappa shape index (κ2) is 10.1. The lowest BCUT2D eigenvalue weighted by atomic mass is 10.0. The first-order valence-electron chi connectivity index (χ1n) is 11.4. The third-order valence-corrected chi connectivity index (χ3v) is 6.67. The normalized spacial score (nSPS) is 20.4. The molecule has 10 nitrogen and oxygen atoms in total. The van der Waals surface area contributed by atoms with Crippen molar-refractivity contribution < 1.29 is 14.7 Å². The number of rotatable bonds is 5. The lowest BCUT2D eigenvalue weighted by Gasteiger charge is -2.44.